The number of primary amides is 1. The number of nitrogens with one attached hydrogen (secondary N) is 1. The highest BCUT2D eigenvalue weighted by molar-refractivity contribution is 5.84. The number of hydrogen-bond acceptors (Lipinski definition) is 3. The van der Waals surface area contributed by atoms with E-state index in [0.29, 0.717) is 12.0 Å². The van der Waals surface area contributed by atoms with Crippen molar-refractivity contribution in [3.63, 3.8) is 0 Å². The normalized spacial score (nSPS) is 16.9. The van der Waals surface area contributed by atoms with Gasteiger partial charge in [0, 0.05) is 18.6 Å². The number of carbonyl (C=O) groups is 1. The van der Waals surface area contributed by atoms with E-state index in [1.54, 1.807) is 0 Å². The third-order valence-electron chi connectivity index (χ3n) is 3.68. The zero-order valence-electron chi connectivity index (χ0n) is 13.8. The molecule has 19 heavy (non-hydrogen) atoms. The summed E-state index contributed by atoms with van der Waals surface area (Å²) in [6.07, 6.45) is 1.90. The average Bonchev–Trinajstić information content (AvgIpc) is 2.23. The van der Waals surface area contributed by atoms with E-state index in [1.165, 1.54) is 6.42 Å². The zero-order chi connectivity index (χ0) is 15.2. The minimum Gasteiger partial charge on any atom is -0.368 e. The van der Waals surface area contributed by atoms with Crippen LogP contribution in [0.4, 0.5) is 0 Å². The average molecular weight is 271 g/mol. The Labute approximate surface area is 119 Å². The zero-order valence-corrected chi connectivity index (χ0v) is 13.8. The van der Waals surface area contributed by atoms with E-state index in [1.807, 2.05) is 20.8 Å². The maximum atomic E-state index is 11.7. The van der Waals surface area contributed by atoms with Gasteiger partial charge in [-0.05, 0) is 53.5 Å². The van der Waals surface area contributed by atoms with Crippen molar-refractivity contribution in [2.24, 2.45) is 11.7 Å². The lowest BCUT2D eigenvalue weighted by Gasteiger charge is -2.33. The van der Waals surface area contributed by atoms with Crippen molar-refractivity contribution < 1.29 is 4.79 Å². The van der Waals surface area contributed by atoms with E-state index in [9.17, 15) is 4.79 Å². The van der Waals surface area contributed by atoms with Crippen molar-refractivity contribution in [1.82, 2.24) is 10.2 Å². The summed E-state index contributed by atoms with van der Waals surface area (Å²) in [6.45, 7) is 13.5. The number of amides is 1. The maximum Gasteiger partial charge on any atom is 0.237 e. The maximum absolute atomic E-state index is 11.7. The molecule has 0 fully saturated rings. The quantitative estimate of drug-likeness (QED) is 0.674. The van der Waals surface area contributed by atoms with Crippen LogP contribution in [-0.2, 0) is 4.79 Å². The van der Waals surface area contributed by atoms with Crippen LogP contribution >= 0.6 is 0 Å². The van der Waals surface area contributed by atoms with Gasteiger partial charge in [0.2, 0.25) is 5.91 Å². The van der Waals surface area contributed by atoms with Crippen LogP contribution in [0.3, 0.4) is 0 Å². The lowest BCUT2D eigenvalue weighted by atomic mass is 9.95. The van der Waals surface area contributed by atoms with Gasteiger partial charge < -0.3 is 16.0 Å². The number of nitrogens with zero attached hydrogens (tertiary/aromatic N) is 1. The smallest absolute Gasteiger partial charge is 0.237 e. The summed E-state index contributed by atoms with van der Waals surface area (Å²) in [5.74, 6) is 0.417. The van der Waals surface area contributed by atoms with Crippen LogP contribution in [0, 0.1) is 5.92 Å². The second-order valence-electron chi connectivity index (χ2n) is 6.70. The van der Waals surface area contributed by atoms with Crippen LogP contribution in [0.1, 0.15) is 54.4 Å². The molecule has 0 aromatic carbocycles. The van der Waals surface area contributed by atoms with Gasteiger partial charge in [-0.2, -0.15) is 0 Å². The molecule has 1 amide bonds. The Kier molecular flexibility index (Phi) is 7.60. The highest BCUT2D eigenvalue weighted by Crippen LogP contribution is 2.15. The predicted octanol–water partition coefficient (Wildman–Crippen LogP) is 1.98. The molecule has 0 aromatic rings. The third kappa shape index (κ3) is 6.92. The lowest BCUT2D eigenvalue weighted by molar-refractivity contribution is -0.124. The topological polar surface area (TPSA) is 58.4 Å². The first kappa shape index (κ1) is 18.4. The SMILES string of the molecule is CC(C)CC(C)N(C)CCC(C)(NC(C)C)C(N)=O. The Morgan fingerprint density at radius 2 is 1.79 bits per heavy atom. The summed E-state index contributed by atoms with van der Waals surface area (Å²) < 4.78 is 0. The van der Waals surface area contributed by atoms with Crippen molar-refractivity contribution in [3.05, 3.63) is 0 Å². The summed E-state index contributed by atoms with van der Waals surface area (Å²) >= 11 is 0. The summed E-state index contributed by atoms with van der Waals surface area (Å²) in [5.41, 5.74) is 4.92. The van der Waals surface area contributed by atoms with Crippen molar-refractivity contribution in [2.45, 2.75) is 72.0 Å². The second-order valence-corrected chi connectivity index (χ2v) is 6.70. The Morgan fingerprint density at radius 1 is 1.26 bits per heavy atom. The summed E-state index contributed by atoms with van der Waals surface area (Å²) in [5, 5.41) is 3.29. The van der Waals surface area contributed by atoms with Crippen molar-refractivity contribution in [3.8, 4) is 0 Å². The molecule has 0 radical (unpaired) electrons. The summed E-state index contributed by atoms with van der Waals surface area (Å²) in [4.78, 5) is 14.0. The van der Waals surface area contributed by atoms with Crippen LogP contribution in [0.2, 0.25) is 0 Å². The van der Waals surface area contributed by atoms with Crippen molar-refractivity contribution in [2.75, 3.05) is 13.6 Å². The van der Waals surface area contributed by atoms with Crippen LogP contribution in [0.5, 0.6) is 0 Å². The molecule has 0 heterocycles. The Morgan fingerprint density at radius 3 is 2.16 bits per heavy atom. The molecule has 2 atom stereocenters. The highest BCUT2D eigenvalue weighted by Gasteiger charge is 2.31. The van der Waals surface area contributed by atoms with Gasteiger partial charge in [-0.25, -0.2) is 0 Å². The van der Waals surface area contributed by atoms with E-state index >= 15 is 0 Å². The van der Waals surface area contributed by atoms with Crippen LogP contribution in [0.25, 0.3) is 0 Å². The molecular formula is C15H33N3O. The highest BCUT2D eigenvalue weighted by atomic mass is 16.1. The van der Waals surface area contributed by atoms with Crippen LogP contribution in [-0.4, -0.2) is 42.0 Å². The van der Waals surface area contributed by atoms with Crippen molar-refractivity contribution in [1.29, 1.82) is 0 Å². The van der Waals surface area contributed by atoms with Crippen LogP contribution < -0.4 is 11.1 Å². The molecule has 4 heteroatoms. The Hall–Kier alpha value is -0.610. The summed E-state index contributed by atoms with van der Waals surface area (Å²) in [7, 11) is 2.11. The minimum absolute atomic E-state index is 0.246. The van der Waals surface area contributed by atoms with Gasteiger partial charge >= 0.3 is 0 Å². The molecule has 0 spiro atoms. The first-order valence-corrected chi connectivity index (χ1v) is 7.36. The molecule has 0 saturated heterocycles. The minimum atomic E-state index is -0.625. The molecule has 2 unspecified atom stereocenters. The van der Waals surface area contributed by atoms with Gasteiger partial charge in [0.1, 0.15) is 0 Å². The molecule has 0 bridgehead atoms. The molecule has 0 aromatic heterocycles. The van der Waals surface area contributed by atoms with E-state index in [0.717, 1.165) is 13.0 Å². The number of nitrogens with two attached hydrogens (primary N) is 1. The van der Waals surface area contributed by atoms with E-state index < -0.39 is 5.54 Å². The van der Waals surface area contributed by atoms with Crippen molar-refractivity contribution >= 4 is 5.91 Å². The monoisotopic (exact) mass is 271 g/mol. The van der Waals surface area contributed by atoms with Crippen LogP contribution in [0.15, 0.2) is 0 Å². The molecule has 0 aliphatic rings. The largest absolute Gasteiger partial charge is 0.368 e. The summed E-state index contributed by atoms with van der Waals surface area (Å²) in [6, 6.07) is 0.770. The molecule has 114 valence electrons. The predicted molar refractivity (Wildman–Crippen MR) is 82.0 cm³/mol. The molecule has 4 nitrogen and oxygen atoms in total. The third-order valence-corrected chi connectivity index (χ3v) is 3.68. The van der Waals surface area contributed by atoms with E-state index in [-0.39, 0.29) is 11.9 Å². The second kappa shape index (κ2) is 7.85. The van der Waals surface area contributed by atoms with Gasteiger partial charge in [0.05, 0.1) is 5.54 Å². The Balaban J connectivity index is 4.43. The van der Waals surface area contributed by atoms with Gasteiger partial charge in [-0.3, -0.25) is 4.79 Å². The first-order chi connectivity index (χ1) is 8.58. The fraction of sp³-hybridized carbons (Fsp3) is 0.933. The Bertz CT molecular complexity index is 279. The fourth-order valence-corrected chi connectivity index (χ4v) is 2.39. The van der Waals surface area contributed by atoms with Gasteiger partial charge in [-0.1, -0.05) is 13.8 Å². The molecule has 0 aliphatic carbocycles. The van der Waals surface area contributed by atoms with E-state index in [2.05, 4.69) is 38.0 Å². The van der Waals surface area contributed by atoms with Gasteiger partial charge in [-0.15, -0.1) is 0 Å². The number of hydrogen-bond donors (Lipinski definition) is 2. The fourth-order valence-electron chi connectivity index (χ4n) is 2.39. The van der Waals surface area contributed by atoms with E-state index in [4.69, 9.17) is 5.73 Å². The molecule has 3 N–H and O–H groups in total. The number of rotatable bonds is 9. The molecule has 0 saturated carbocycles. The molecular weight excluding hydrogens is 238 g/mol. The van der Waals surface area contributed by atoms with Gasteiger partial charge in [0.25, 0.3) is 0 Å². The molecule has 0 rings (SSSR count). The standard InChI is InChI=1S/C15H33N3O/c1-11(2)10-13(5)18(7)9-8-15(6,14(16)19)17-12(3)4/h11-13,17H,8-10H2,1-7H3,(H2,16,19). The van der Waals surface area contributed by atoms with Gasteiger partial charge in [0.15, 0.2) is 0 Å². The number of carbonyl (C=O) groups excluding carboxylic acids is 1. The molecule has 0 aliphatic heterocycles. The first-order valence-electron chi connectivity index (χ1n) is 7.36. The lowest BCUT2D eigenvalue weighted by Crippen LogP contribution is -2.56.